The molecule has 0 aromatic heterocycles. The van der Waals surface area contributed by atoms with E-state index in [1.165, 1.54) is 7.11 Å². The number of allylic oxidation sites excluding steroid dienone is 2. The molecule has 0 aromatic carbocycles. The standard InChI is InChI=1S/C24H32O6/c1-22-8-6-14(25)10-13(22)4-5-15-19-16(21(28)29-3)11-24(9-7-18(27)30-24)23(19,2)12-17(26)20(15)22/h4,15-17,19-20,26H,5-12H2,1-3H3/t15?,16-,17-,19?,20?,22?,23?,24-/m0/s1. The van der Waals surface area contributed by atoms with Crippen molar-refractivity contribution in [1.82, 2.24) is 0 Å². The van der Waals surface area contributed by atoms with Gasteiger partial charge in [-0.1, -0.05) is 25.5 Å². The second-order valence-electron chi connectivity index (χ2n) is 10.8. The second-order valence-corrected chi connectivity index (χ2v) is 10.8. The quantitative estimate of drug-likeness (QED) is 0.522. The van der Waals surface area contributed by atoms with Crippen LogP contribution in [0.5, 0.6) is 0 Å². The van der Waals surface area contributed by atoms with Gasteiger partial charge >= 0.3 is 11.9 Å². The molecule has 1 spiro atoms. The summed E-state index contributed by atoms with van der Waals surface area (Å²) in [5.74, 6) is -0.421. The van der Waals surface area contributed by atoms with Gasteiger partial charge in [-0.3, -0.25) is 14.4 Å². The highest BCUT2D eigenvalue weighted by Crippen LogP contribution is 2.70. The number of methoxy groups -OCH3 is 1. The number of esters is 2. The van der Waals surface area contributed by atoms with Gasteiger partial charge in [0.1, 0.15) is 11.4 Å². The summed E-state index contributed by atoms with van der Waals surface area (Å²) in [6.45, 7) is 4.31. The fourth-order valence-corrected chi connectivity index (χ4v) is 8.39. The predicted octanol–water partition coefficient (Wildman–Crippen LogP) is 2.96. The molecule has 4 fully saturated rings. The van der Waals surface area contributed by atoms with E-state index in [1.807, 2.05) is 0 Å². The molecule has 6 nitrogen and oxygen atoms in total. The molecule has 1 saturated heterocycles. The first-order valence-electron chi connectivity index (χ1n) is 11.3. The average Bonchev–Trinajstić information content (AvgIpc) is 3.19. The lowest BCUT2D eigenvalue weighted by Gasteiger charge is -2.60. The Morgan fingerprint density at radius 3 is 2.60 bits per heavy atom. The van der Waals surface area contributed by atoms with Crippen molar-refractivity contribution >= 4 is 17.7 Å². The Morgan fingerprint density at radius 2 is 1.93 bits per heavy atom. The summed E-state index contributed by atoms with van der Waals surface area (Å²) in [6, 6.07) is 0. The van der Waals surface area contributed by atoms with Crippen molar-refractivity contribution < 1.29 is 29.0 Å². The minimum absolute atomic E-state index is 0.00286. The van der Waals surface area contributed by atoms with E-state index in [0.29, 0.717) is 38.5 Å². The summed E-state index contributed by atoms with van der Waals surface area (Å²) in [6.07, 6.45) is 6.14. The van der Waals surface area contributed by atoms with E-state index < -0.39 is 17.1 Å². The van der Waals surface area contributed by atoms with Crippen molar-refractivity contribution in [2.75, 3.05) is 7.11 Å². The van der Waals surface area contributed by atoms with Gasteiger partial charge in [0, 0.05) is 31.1 Å². The minimum Gasteiger partial charge on any atom is -0.469 e. The first kappa shape index (κ1) is 20.2. The molecule has 1 N–H and O–H groups in total. The Balaban J connectivity index is 1.61. The lowest BCUT2D eigenvalue weighted by atomic mass is 9.45. The van der Waals surface area contributed by atoms with Crippen LogP contribution < -0.4 is 0 Å². The molecule has 0 bridgehead atoms. The van der Waals surface area contributed by atoms with Gasteiger partial charge in [-0.05, 0) is 48.9 Å². The molecule has 5 unspecified atom stereocenters. The largest absolute Gasteiger partial charge is 0.469 e. The Kier molecular flexibility index (Phi) is 4.32. The van der Waals surface area contributed by atoms with E-state index in [4.69, 9.17) is 9.47 Å². The molecule has 6 heteroatoms. The molecule has 0 amide bonds. The summed E-state index contributed by atoms with van der Waals surface area (Å²) in [5.41, 5.74) is -0.227. The van der Waals surface area contributed by atoms with E-state index in [2.05, 4.69) is 19.9 Å². The van der Waals surface area contributed by atoms with Crippen LogP contribution in [0.2, 0.25) is 0 Å². The van der Waals surface area contributed by atoms with Crippen LogP contribution in [0.25, 0.3) is 0 Å². The monoisotopic (exact) mass is 416 g/mol. The van der Waals surface area contributed by atoms with E-state index in [-0.39, 0.29) is 46.8 Å². The predicted molar refractivity (Wildman–Crippen MR) is 107 cm³/mol. The first-order chi connectivity index (χ1) is 14.1. The van der Waals surface area contributed by atoms with Crippen LogP contribution in [-0.2, 0) is 23.9 Å². The molecule has 164 valence electrons. The third-order valence-electron chi connectivity index (χ3n) is 9.69. The normalized spacial score (nSPS) is 49.7. The van der Waals surface area contributed by atoms with Crippen molar-refractivity contribution in [3.05, 3.63) is 11.6 Å². The van der Waals surface area contributed by atoms with Crippen molar-refractivity contribution in [2.24, 2.45) is 34.5 Å². The number of fused-ring (bicyclic) bond motifs is 6. The van der Waals surface area contributed by atoms with Crippen LogP contribution in [0, 0.1) is 34.5 Å². The van der Waals surface area contributed by atoms with Gasteiger partial charge in [0.15, 0.2) is 0 Å². The Labute approximate surface area is 177 Å². The lowest BCUT2D eigenvalue weighted by molar-refractivity contribution is -0.185. The Morgan fingerprint density at radius 1 is 1.17 bits per heavy atom. The fourth-order valence-electron chi connectivity index (χ4n) is 8.39. The summed E-state index contributed by atoms with van der Waals surface area (Å²) in [4.78, 5) is 37.2. The zero-order valence-electron chi connectivity index (χ0n) is 18.1. The highest BCUT2D eigenvalue weighted by molar-refractivity contribution is 5.83. The highest BCUT2D eigenvalue weighted by atomic mass is 16.6. The molecule has 3 saturated carbocycles. The lowest BCUT2D eigenvalue weighted by Crippen LogP contribution is -2.60. The van der Waals surface area contributed by atoms with Crippen LogP contribution in [0.1, 0.15) is 65.2 Å². The molecule has 1 heterocycles. The van der Waals surface area contributed by atoms with Crippen molar-refractivity contribution in [3.8, 4) is 0 Å². The molecule has 4 aliphatic carbocycles. The van der Waals surface area contributed by atoms with Crippen molar-refractivity contribution in [3.63, 3.8) is 0 Å². The molecule has 5 rings (SSSR count). The molecule has 5 aliphatic rings. The van der Waals surface area contributed by atoms with Crippen LogP contribution in [0.4, 0.5) is 0 Å². The van der Waals surface area contributed by atoms with Crippen LogP contribution in [0.3, 0.4) is 0 Å². The van der Waals surface area contributed by atoms with Gasteiger partial charge in [-0.15, -0.1) is 0 Å². The molecule has 8 atom stereocenters. The topological polar surface area (TPSA) is 89.9 Å². The van der Waals surface area contributed by atoms with Gasteiger partial charge in [-0.25, -0.2) is 0 Å². The summed E-state index contributed by atoms with van der Waals surface area (Å²) in [5, 5.41) is 11.5. The van der Waals surface area contributed by atoms with Gasteiger partial charge in [0.25, 0.3) is 0 Å². The van der Waals surface area contributed by atoms with E-state index >= 15 is 0 Å². The number of hydrogen-bond acceptors (Lipinski definition) is 6. The number of carbonyl (C=O) groups is 3. The van der Waals surface area contributed by atoms with Crippen molar-refractivity contribution in [1.29, 1.82) is 0 Å². The number of aliphatic hydroxyl groups is 1. The number of Topliss-reactive ketones (excluding diaryl/α,β-unsaturated/α-hetero) is 1. The molecule has 0 radical (unpaired) electrons. The number of aliphatic hydroxyl groups excluding tert-OH is 1. The van der Waals surface area contributed by atoms with E-state index in [1.54, 1.807) is 0 Å². The molecule has 30 heavy (non-hydrogen) atoms. The SMILES string of the molecule is COC(=O)[C@H]1C[C@@]2(CCC(=O)O2)C2(C)C[C@H](O)C3C(CC=C4CC(=O)CCC43C)C12. The van der Waals surface area contributed by atoms with Gasteiger partial charge < -0.3 is 14.6 Å². The fraction of sp³-hybridized carbons (Fsp3) is 0.792. The third-order valence-corrected chi connectivity index (χ3v) is 9.69. The summed E-state index contributed by atoms with van der Waals surface area (Å²) >= 11 is 0. The van der Waals surface area contributed by atoms with Gasteiger partial charge in [-0.2, -0.15) is 0 Å². The average molecular weight is 417 g/mol. The third kappa shape index (κ3) is 2.43. The first-order valence-corrected chi connectivity index (χ1v) is 11.3. The van der Waals surface area contributed by atoms with E-state index in [0.717, 1.165) is 18.4 Å². The van der Waals surface area contributed by atoms with Gasteiger partial charge in [0.2, 0.25) is 0 Å². The zero-order chi connectivity index (χ0) is 21.5. The van der Waals surface area contributed by atoms with Crippen LogP contribution in [0.15, 0.2) is 11.6 Å². The maximum absolute atomic E-state index is 12.9. The molecule has 1 aliphatic heterocycles. The number of ketones is 1. The van der Waals surface area contributed by atoms with Crippen molar-refractivity contribution in [2.45, 2.75) is 76.9 Å². The number of carbonyl (C=O) groups excluding carboxylic acids is 3. The van der Waals surface area contributed by atoms with Crippen LogP contribution in [-0.4, -0.2) is 41.6 Å². The molecular weight excluding hydrogens is 384 g/mol. The summed E-state index contributed by atoms with van der Waals surface area (Å²) < 4.78 is 11.2. The smallest absolute Gasteiger partial charge is 0.309 e. The number of ether oxygens (including phenoxy) is 2. The summed E-state index contributed by atoms with van der Waals surface area (Å²) in [7, 11) is 1.42. The Bertz CT molecular complexity index is 847. The molecule has 0 aromatic rings. The number of hydrogen-bond donors (Lipinski definition) is 1. The maximum Gasteiger partial charge on any atom is 0.309 e. The second kappa shape index (κ2) is 6.41. The number of rotatable bonds is 1. The Hall–Kier alpha value is -1.69. The minimum atomic E-state index is -0.701. The maximum atomic E-state index is 12.9. The van der Waals surface area contributed by atoms with E-state index in [9.17, 15) is 19.5 Å². The van der Waals surface area contributed by atoms with Gasteiger partial charge in [0.05, 0.1) is 19.1 Å². The highest BCUT2D eigenvalue weighted by Gasteiger charge is 2.72. The molecular formula is C24H32O6. The van der Waals surface area contributed by atoms with Crippen LogP contribution >= 0.6 is 0 Å². The zero-order valence-corrected chi connectivity index (χ0v) is 18.1.